The van der Waals surface area contributed by atoms with Crippen molar-refractivity contribution in [3.05, 3.63) is 101 Å². The van der Waals surface area contributed by atoms with Crippen LogP contribution in [0.4, 0.5) is 0 Å². The van der Waals surface area contributed by atoms with Gasteiger partial charge in [0.2, 0.25) is 0 Å². The maximum absolute atomic E-state index is 13.4. The van der Waals surface area contributed by atoms with E-state index in [9.17, 15) is 14.7 Å². The number of rotatable bonds is 14. The molecule has 1 aliphatic heterocycles. The molecule has 0 bridgehead atoms. The number of ether oxygens (including phenoxy) is 2. The van der Waals surface area contributed by atoms with Crippen LogP contribution in [0, 0.1) is 0 Å². The predicted octanol–water partition coefficient (Wildman–Crippen LogP) is 6.21. The number of ketones is 1. The third kappa shape index (κ3) is 7.35. The highest BCUT2D eigenvalue weighted by Gasteiger charge is 2.45. The molecule has 0 aromatic heterocycles. The molecule has 7 heteroatoms. The smallest absolute Gasteiger partial charge is 0.295 e. The molecule has 0 aliphatic carbocycles. The fraction of sp³-hybridized carbons (Fsp3) is 0.353. The van der Waals surface area contributed by atoms with Gasteiger partial charge in [-0.3, -0.25) is 9.59 Å². The number of carbonyl (C=O) groups excluding carboxylic acids is 2. The van der Waals surface area contributed by atoms with Crippen molar-refractivity contribution in [3.63, 3.8) is 0 Å². The molecule has 0 radical (unpaired) electrons. The summed E-state index contributed by atoms with van der Waals surface area (Å²) in [6.45, 7) is 10.3. The van der Waals surface area contributed by atoms with E-state index in [0.29, 0.717) is 31.1 Å². The van der Waals surface area contributed by atoms with Gasteiger partial charge >= 0.3 is 0 Å². The highest BCUT2D eigenvalue weighted by molar-refractivity contribution is 6.46. The average Bonchev–Trinajstić information content (AvgIpc) is 3.26. The van der Waals surface area contributed by atoms with Crippen LogP contribution in [0.15, 0.2) is 84.4 Å². The first-order valence-electron chi connectivity index (χ1n) is 14.5. The van der Waals surface area contributed by atoms with Crippen molar-refractivity contribution >= 4 is 17.4 Å². The lowest BCUT2D eigenvalue weighted by Crippen LogP contribution is -2.33. The van der Waals surface area contributed by atoms with Gasteiger partial charge in [0.1, 0.15) is 23.9 Å². The second-order valence-corrected chi connectivity index (χ2v) is 10.1. The van der Waals surface area contributed by atoms with Crippen molar-refractivity contribution < 1.29 is 24.2 Å². The Morgan fingerprint density at radius 1 is 0.854 bits per heavy atom. The highest BCUT2D eigenvalue weighted by Crippen LogP contribution is 2.40. The number of carbonyl (C=O) groups is 2. The van der Waals surface area contributed by atoms with E-state index in [2.05, 4.69) is 18.7 Å². The molecule has 4 rings (SSSR count). The normalized spacial score (nSPS) is 16.4. The van der Waals surface area contributed by atoms with E-state index in [4.69, 9.17) is 9.47 Å². The Bertz CT molecular complexity index is 1320. The second kappa shape index (κ2) is 14.5. The van der Waals surface area contributed by atoms with E-state index < -0.39 is 17.7 Å². The van der Waals surface area contributed by atoms with Crippen LogP contribution in [0.25, 0.3) is 5.76 Å². The number of likely N-dealkylation sites (tertiary alicyclic amines) is 1. The van der Waals surface area contributed by atoms with Crippen molar-refractivity contribution in [2.24, 2.45) is 0 Å². The number of hydrogen-bond donors (Lipinski definition) is 1. The maximum atomic E-state index is 13.4. The average molecular weight is 557 g/mol. The Morgan fingerprint density at radius 2 is 1.49 bits per heavy atom. The van der Waals surface area contributed by atoms with Crippen LogP contribution < -0.4 is 9.47 Å². The van der Waals surface area contributed by atoms with Crippen molar-refractivity contribution in [3.8, 4) is 11.5 Å². The van der Waals surface area contributed by atoms with E-state index in [1.54, 1.807) is 29.2 Å². The van der Waals surface area contributed by atoms with E-state index in [1.807, 2.05) is 61.5 Å². The molecule has 0 unspecified atom stereocenters. The largest absolute Gasteiger partial charge is 0.507 e. The predicted molar refractivity (Wildman–Crippen MR) is 161 cm³/mol. The first-order chi connectivity index (χ1) is 20.0. The van der Waals surface area contributed by atoms with Crippen molar-refractivity contribution in [2.75, 3.05) is 32.8 Å². The number of Topliss-reactive ketones (excluding diaryl/α,β-unsaturated/α-hetero) is 1. The lowest BCUT2D eigenvalue weighted by atomic mass is 9.95. The van der Waals surface area contributed by atoms with Crippen LogP contribution in [0.3, 0.4) is 0 Å². The van der Waals surface area contributed by atoms with Crippen molar-refractivity contribution in [1.29, 1.82) is 0 Å². The number of aliphatic hydroxyl groups excluding tert-OH is 1. The molecule has 1 heterocycles. The highest BCUT2D eigenvalue weighted by atomic mass is 16.5. The van der Waals surface area contributed by atoms with Gasteiger partial charge < -0.3 is 24.4 Å². The lowest BCUT2D eigenvalue weighted by molar-refractivity contribution is -0.140. The summed E-state index contributed by atoms with van der Waals surface area (Å²) in [5.41, 5.74) is 2.34. The van der Waals surface area contributed by atoms with Crippen LogP contribution in [-0.4, -0.2) is 59.4 Å². The van der Waals surface area contributed by atoms with Gasteiger partial charge in [0.15, 0.2) is 0 Å². The molecule has 216 valence electrons. The molecule has 7 nitrogen and oxygen atoms in total. The quantitative estimate of drug-likeness (QED) is 0.145. The summed E-state index contributed by atoms with van der Waals surface area (Å²) in [5.74, 6) is -0.0987. The standard InChI is InChI=1S/C34H40N2O5/c1-4-23-40-28-17-13-26(14-18-28)31-30(33(38)34(39)36(31)22-10-21-35(5-2)6-3)32(37)27-15-19-29(20-16-27)41-24-25-11-8-7-9-12-25/h7-9,11-20,31,37H,4-6,10,21-24H2,1-3H3/t31-/m0/s1. The summed E-state index contributed by atoms with van der Waals surface area (Å²) in [6.07, 6.45) is 1.61. The van der Waals surface area contributed by atoms with Gasteiger partial charge in [0.25, 0.3) is 11.7 Å². The molecule has 41 heavy (non-hydrogen) atoms. The zero-order chi connectivity index (χ0) is 29.2. The number of nitrogens with zero attached hydrogens (tertiary/aromatic N) is 2. The molecule has 1 fully saturated rings. The topological polar surface area (TPSA) is 79.3 Å². The Kier molecular flexibility index (Phi) is 10.6. The number of amides is 1. The van der Waals surface area contributed by atoms with Gasteiger partial charge in [-0.15, -0.1) is 0 Å². The first kappa shape index (κ1) is 29.9. The fourth-order valence-electron chi connectivity index (χ4n) is 5.03. The second-order valence-electron chi connectivity index (χ2n) is 10.1. The van der Waals surface area contributed by atoms with Gasteiger partial charge in [-0.2, -0.15) is 0 Å². The van der Waals surface area contributed by atoms with Gasteiger partial charge in [-0.05, 0) is 80.0 Å². The number of hydrogen-bond acceptors (Lipinski definition) is 6. The van der Waals surface area contributed by atoms with E-state index >= 15 is 0 Å². The fourth-order valence-corrected chi connectivity index (χ4v) is 5.03. The van der Waals surface area contributed by atoms with Crippen LogP contribution in [-0.2, 0) is 16.2 Å². The third-order valence-corrected chi connectivity index (χ3v) is 7.35. The summed E-state index contributed by atoms with van der Waals surface area (Å²) in [4.78, 5) is 30.6. The molecule has 1 N–H and O–H groups in total. The molecular weight excluding hydrogens is 516 g/mol. The number of benzene rings is 3. The molecule has 0 spiro atoms. The summed E-state index contributed by atoms with van der Waals surface area (Å²) in [5, 5.41) is 11.4. The maximum Gasteiger partial charge on any atom is 0.295 e. The summed E-state index contributed by atoms with van der Waals surface area (Å²) < 4.78 is 11.6. The lowest BCUT2D eigenvalue weighted by Gasteiger charge is -2.27. The SMILES string of the molecule is CCCOc1ccc([C@H]2C(=C(O)c3ccc(OCc4ccccc4)cc3)C(=O)C(=O)N2CCCN(CC)CC)cc1. The molecule has 1 aliphatic rings. The molecule has 1 amide bonds. The summed E-state index contributed by atoms with van der Waals surface area (Å²) >= 11 is 0. The van der Waals surface area contributed by atoms with Crippen LogP contribution in [0.2, 0.25) is 0 Å². The molecular formula is C34H40N2O5. The van der Waals surface area contributed by atoms with Gasteiger partial charge in [0.05, 0.1) is 18.2 Å². The van der Waals surface area contributed by atoms with Crippen LogP contribution in [0.5, 0.6) is 11.5 Å². The molecule has 0 saturated carbocycles. The third-order valence-electron chi connectivity index (χ3n) is 7.35. The van der Waals surface area contributed by atoms with E-state index in [0.717, 1.165) is 49.4 Å². The molecule has 1 atom stereocenters. The van der Waals surface area contributed by atoms with E-state index in [-0.39, 0.29) is 11.3 Å². The summed E-state index contributed by atoms with van der Waals surface area (Å²) in [7, 11) is 0. The minimum Gasteiger partial charge on any atom is -0.507 e. The molecule has 1 saturated heterocycles. The van der Waals surface area contributed by atoms with Crippen LogP contribution in [0.1, 0.15) is 56.3 Å². The summed E-state index contributed by atoms with van der Waals surface area (Å²) in [6, 6.07) is 23.5. The van der Waals surface area contributed by atoms with Crippen LogP contribution >= 0.6 is 0 Å². The Hall–Kier alpha value is -4.10. The van der Waals surface area contributed by atoms with Crippen molar-refractivity contribution in [2.45, 2.75) is 46.3 Å². The minimum absolute atomic E-state index is 0.0954. The van der Waals surface area contributed by atoms with E-state index in [1.165, 1.54) is 0 Å². The Morgan fingerprint density at radius 3 is 2.12 bits per heavy atom. The zero-order valence-corrected chi connectivity index (χ0v) is 24.2. The molecule has 3 aromatic rings. The zero-order valence-electron chi connectivity index (χ0n) is 24.2. The van der Waals surface area contributed by atoms with Gasteiger partial charge in [0, 0.05) is 12.1 Å². The first-order valence-corrected chi connectivity index (χ1v) is 14.5. The Balaban J connectivity index is 1.62. The van der Waals surface area contributed by atoms with Crippen molar-refractivity contribution in [1.82, 2.24) is 9.80 Å². The molecule has 3 aromatic carbocycles. The van der Waals surface area contributed by atoms with Gasteiger partial charge in [-0.25, -0.2) is 0 Å². The number of aliphatic hydroxyl groups is 1. The minimum atomic E-state index is -0.694. The monoisotopic (exact) mass is 556 g/mol. The Labute approximate surface area is 243 Å². The van der Waals surface area contributed by atoms with Gasteiger partial charge in [-0.1, -0.05) is 63.2 Å².